The summed E-state index contributed by atoms with van der Waals surface area (Å²) in [5, 5.41) is 0.662. The standard InChI is InChI=1S/C15H21ClN2OS/c1-4-15(5-2,13(17)20)14(19)18(3)10-11-7-6-8-12(16)9-11/h6-9H,4-5,10H2,1-3H3,(H2,17,20). The largest absolute Gasteiger partial charge is 0.392 e. The summed E-state index contributed by atoms with van der Waals surface area (Å²) < 4.78 is 0. The highest BCUT2D eigenvalue weighted by Gasteiger charge is 2.39. The Morgan fingerprint density at radius 2 is 2.00 bits per heavy atom. The van der Waals surface area contributed by atoms with Gasteiger partial charge in [-0.3, -0.25) is 4.79 Å². The highest BCUT2D eigenvalue weighted by atomic mass is 35.5. The summed E-state index contributed by atoms with van der Waals surface area (Å²) in [6, 6.07) is 7.47. The van der Waals surface area contributed by atoms with Crippen molar-refractivity contribution in [1.82, 2.24) is 4.90 Å². The zero-order valence-electron chi connectivity index (χ0n) is 12.1. The van der Waals surface area contributed by atoms with E-state index < -0.39 is 5.41 Å². The van der Waals surface area contributed by atoms with Crippen LogP contribution in [0.3, 0.4) is 0 Å². The lowest BCUT2D eigenvalue weighted by Gasteiger charge is -2.33. The maximum atomic E-state index is 12.7. The van der Waals surface area contributed by atoms with Crippen molar-refractivity contribution in [1.29, 1.82) is 0 Å². The van der Waals surface area contributed by atoms with E-state index in [-0.39, 0.29) is 10.9 Å². The number of nitrogens with two attached hydrogens (primary N) is 1. The molecule has 1 rings (SSSR count). The summed E-state index contributed by atoms with van der Waals surface area (Å²) in [7, 11) is 1.77. The fraction of sp³-hybridized carbons (Fsp3) is 0.467. The number of nitrogens with zero attached hydrogens (tertiary/aromatic N) is 1. The second-order valence-corrected chi connectivity index (χ2v) is 5.82. The molecule has 0 fully saturated rings. The molecule has 1 amide bonds. The number of carbonyl (C=O) groups is 1. The number of thiocarbonyl (C=S) groups is 1. The van der Waals surface area contributed by atoms with Crippen molar-refractivity contribution in [3.63, 3.8) is 0 Å². The third-order valence-electron chi connectivity index (χ3n) is 3.74. The molecule has 0 bridgehead atoms. The quantitative estimate of drug-likeness (QED) is 0.819. The van der Waals surface area contributed by atoms with Crippen molar-refractivity contribution in [2.45, 2.75) is 33.2 Å². The van der Waals surface area contributed by atoms with E-state index in [4.69, 9.17) is 29.6 Å². The van der Waals surface area contributed by atoms with Crippen LogP contribution in [0.4, 0.5) is 0 Å². The van der Waals surface area contributed by atoms with Gasteiger partial charge in [0.25, 0.3) is 0 Å². The molecule has 0 saturated carbocycles. The van der Waals surface area contributed by atoms with Crippen molar-refractivity contribution in [2.24, 2.45) is 11.1 Å². The zero-order valence-corrected chi connectivity index (χ0v) is 13.7. The summed E-state index contributed by atoms with van der Waals surface area (Å²) in [6.45, 7) is 4.37. The molecule has 0 aliphatic rings. The van der Waals surface area contributed by atoms with Gasteiger partial charge in [0.15, 0.2) is 0 Å². The molecule has 0 aromatic heterocycles. The van der Waals surface area contributed by atoms with E-state index in [2.05, 4.69) is 0 Å². The van der Waals surface area contributed by atoms with Crippen LogP contribution in [0.2, 0.25) is 5.02 Å². The molecule has 0 unspecified atom stereocenters. The minimum absolute atomic E-state index is 0.0324. The Kier molecular flexibility index (Phi) is 5.96. The average Bonchev–Trinajstić information content (AvgIpc) is 2.40. The Hall–Kier alpha value is -1.13. The smallest absolute Gasteiger partial charge is 0.235 e. The molecule has 0 atom stereocenters. The number of benzene rings is 1. The number of hydrogen-bond acceptors (Lipinski definition) is 2. The molecule has 1 aromatic carbocycles. The van der Waals surface area contributed by atoms with Gasteiger partial charge in [-0.05, 0) is 30.5 Å². The summed E-state index contributed by atoms with van der Waals surface area (Å²) in [4.78, 5) is 14.6. The van der Waals surface area contributed by atoms with Gasteiger partial charge in [-0.25, -0.2) is 0 Å². The van der Waals surface area contributed by atoms with Gasteiger partial charge in [0.1, 0.15) is 0 Å². The average molecular weight is 313 g/mol. The minimum atomic E-state index is -0.747. The van der Waals surface area contributed by atoms with E-state index in [9.17, 15) is 4.79 Å². The van der Waals surface area contributed by atoms with Crippen LogP contribution in [0.1, 0.15) is 32.3 Å². The van der Waals surface area contributed by atoms with Crippen LogP contribution in [-0.2, 0) is 11.3 Å². The molecular weight excluding hydrogens is 292 g/mol. The van der Waals surface area contributed by atoms with Gasteiger partial charge in [-0.15, -0.1) is 0 Å². The normalized spacial score (nSPS) is 11.2. The molecular formula is C15H21ClN2OS. The van der Waals surface area contributed by atoms with Crippen molar-refractivity contribution in [2.75, 3.05) is 7.05 Å². The Bertz CT molecular complexity index is 500. The lowest BCUT2D eigenvalue weighted by Crippen LogP contribution is -2.48. The van der Waals surface area contributed by atoms with E-state index in [0.29, 0.717) is 24.4 Å². The van der Waals surface area contributed by atoms with Gasteiger partial charge in [-0.1, -0.05) is 49.8 Å². The van der Waals surface area contributed by atoms with Crippen molar-refractivity contribution >= 4 is 34.7 Å². The highest BCUT2D eigenvalue weighted by molar-refractivity contribution is 7.80. The molecule has 110 valence electrons. The number of amides is 1. The van der Waals surface area contributed by atoms with Crippen LogP contribution >= 0.6 is 23.8 Å². The van der Waals surface area contributed by atoms with E-state index >= 15 is 0 Å². The monoisotopic (exact) mass is 312 g/mol. The number of carbonyl (C=O) groups excluding carboxylic acids is 1. The summed E-state index contributed by atoms with van der Waals surface area (Å²) in [5.74, 6) is -0.0324. The van der Waals surface area contributed by atoms with Gasteiger partial charge < -0.3 is 10.6 Å². The van der Waals surface area contributed by atoms with Crippen LogP contribution in [0.15, 0.2) is 24.3 Å². The first-order chi connectivity index (χ1) is 9.37. The van der Waals surface area contributed by atoms with Gasteiger partial charge in [0.2, 0.25) is 5.91 Å². The van der Waals surface area contributed by atoms with E-state index in [1.807, 2.05) is 38.1 Å². The molecule has 0 spiro atoms. The topological polar surface area (TPSA) is 46.3 Å². The minimum Gasteiger partial charge on any atom is -0.392 e. The lowest BCUT2D eigenvalue weighted by atomic mass is 9.80. The van der Waals surface area contributed by atoms with E-state index in [1.165, 1.54) is 0 Å². The third-order valence-corrected chi connectivity index (χ3v) is 4.37. The number of halogens is 1. The molecule has 0 aliphatic carbocycles. The van der Waals surface area contributed by atoms with Crippen LogP contribution < -0.4 is 5.73 Å². The predicted octanol–water partition coefficient (Wildman–Crippen LogP) is 3.39. The van der Waals surface area contributed by atoms with Crippen molar-refractivity contribution < 1.29 is 4.79 Å². The Balaban J connectivity index is 2.93. The van der Waals surface area contributed by atoms with Gasteiger partial charge in [0, 0.05) is 18.6 Å². The SMILES string of the molecule is CCC(CC)(C(=O)N(C)Cc1cccc(Cl)c1)C(N)=S. The first kappa shape index (κ1) is 16.9. The lowest BCUT2D eigenvalue weighted by molar-refractivity contribution is -0.137. The zero-order chi connectivity index (χ0) is 15.3. The van der Waals surface area contributed by atoms with E-state index in [1.54, 1.807) is 11.9 Å². The second-order valence-electron chi connectivity index (χ2n) is 4.94. The van der Waals surface area contributed by atoms with Crippen LogP contribution in [0.5, 0.6) is 0 Å². The Morgan fingerprint density at radius 3 is 2.45 bits per heavy atom. The molecule has 2 N–H and O–H groups in total. The maximum Gasteiger partial charge on any atom is 0.235 e. The summed E-state index contributed by atoms with van der Waals surface area (Å²) >= 11 is 11.1. The fourth-order valence-electron chi connectivity index (χ4n) is 2.35. The maximum absolute atomic E-state index is 12.7. The summed E-state index contributed by atoms with van der Waals surface area (Å²) in [6.07, 6.45) is 1.22. The molecule has 0 saturated heterocycles. The molecule has 0 aliphatic heterocycles. The molecule has 5 heteroatoms. The fourth-order valence-corrected chi connectivity index (χ4v) is 2.94. The molecule has 0 radical (unpaired) electrons. The molecule has 0 heterocycles. The first-order valence-electron chi connectivity index (χ1n) is 6.67. The first-order valence-corrected chi connectivity index (χ1v) is 7.46. The number of rotatable bonds is 6. The molecule has 1 aromatic rings. The second kappa shape index (κ2) is 7.04. The van der Waals surface area contributed by atoms with Crippen molar-refractivity contribution in [3.8, 4) is 0 Å². The van der Waals surface area contributed by atoms with Crippen LogP contribution in [0, 0.1) is 5.41 Å². The van der Waals surface area contributed by atoms with Crippen LogP contribution in [0.25, 0.3) is 0 Å². The molecule has 3 nitrogen and oxygen atoms in total. The third kappa shape index (κ3) is 3.49. The molecule has 20 heavy (non-hydrogen) atoms. The van der Waals surface area contributed by atoms with Gasteiger partial charge in [0.05, 0.1) is 10.4 Å². The van der Waals surface area contributed by atoms with Gasteiger partial charge in [-0.2, -0.15) is 0 Å². The Morgan fingerprint density at radius 1 is 1.40 bits per heavy atom. The van der Waals surface area contributed by atoms with Crippen LogP contribution in [-0.4, -0.2) is 22.8 Å². The summed E-state index contributed by atoms with van der Waals surface area (Å²) in [5.41, 5.74) is 6.05. The van der Waals surface area contributed by atoms with Gasteiger partial charge >= 0.3 is 0 Å². The number of hydrogen-bond donors (Lipinski definition) is 1. The van der Waals surface area contributed by atoms with E-state index in [0.717, 1.165) is 5.56 Å². The highest BCUT2D eigenvalue weighted by Crippen LogP contribution is 2.30. The Labute approximate surface area is 131 Å². The van der Waals surface area contributed by atoms with Crippen molar-refractivity contribution in [3.05, 3.63) is 34.9 Å². The predicted molar refractivity (Wildman–Crippen MR) is 87.7 cm³/mol.